The van der Waals surface area contributed by atoms with Gasteiger partial charge in [0.05, 0.1) is 5.56 Å². The Hall–Kier alpha value is -2.02. The van der Waals surface area contributed by atoms with Crippen LogP contribution >= 0.6 is 11.3 Å². The zero-order valence-corrected chi connectivity index (χ0v) is 10.0. The van der Waals surface area contributed by atoms with Gasteiger partial charge in [-0.1, -0.05) is 17.4 Å². The first kappa shape index (κ1) is 12.4. The molecule has 0 aliphatic carbocycles. The number of carboxylic acid groups (broad SMARTS) is 1. The van der Waals surface area contributed by atoms with Crippen LogP contribution in [0.5, 0.6) is 0 Å². The third-order valence-corrected chi connectivity index (χ3v) is 3.26. The van der Waals surface area contributed by atoms with Gasteiger partial charge in [0.1, 0.15) is 21.6 Å². The van der Waals surface area contributed by atoms with E-state index < -0.39 is 23.3 Å². The van der Waals surface area contributed by atoms with Gasteiger partial charge in [-0.2, -0.15) is 0 Å². The number of benzene rings is 1. The summed E-state index contributed by atoms with van der Waals surface area (Å²) in [6.45, 7) is 1.48. The van der Waals surface area contributed by atoms with E-state index in [4.69, 9.17) is 10.8 Å². The minimum absolute atomic E-state index is 0.0800. The Labute approximate surface area is 105 Å². The predicted octanol–water partition coefficient (Wildman–Crippen LogP) is 2.68. The average Bonchev–Trinajstić information content (AvgIpc) is 2.66. The minimum Gasteiger partial charge on any atom is -0.476 e. The van der Waals surface area contributed by atoms with Crippen LogP contribution in [0, 0.1) is 18.6 Å². The van der Waals surface area contributed by atoms with Crippen LogP contribution in [0.2, 0.25) is 0 Å². The number of aryl methyl sites for hydroxylation is 1. The van der Waals surface area contributed by atoms with Crippen molar-refractivity contribution in [1.29, 1.82) is 0 Å². The molecule has 0 radical (unpaired) electrons. The van der Waals surface area contributed by atoms with Crippen LogP contribution in [0.1, 0.15) is 16.1 Å². The lowest BCUT2D eigenvalue weighted by Gasteiger charge is -2.03. The number of rotatable bonds is 2. The van der Waals surface area contributed by atoms with Crippen LogP contribution in [-0.4, -0.2) is 16.1 Å². The fraction of sp³-hybridized carbons (Fsp3) is 0.0909. The van der Waals surface area contributed by atoms with Crippen molar-refractivity contribution in [2.45, 2.75) is 6.92 Å². The number of aromatic carboxylic acids is 1. The second kappa shape index (κ2) is 4.34. The fourth-order valence-electron chi connectivity index (χ4n) is 1.44. The van der Waals surface area contributed by atoms with Gasteiger partial charge in [-0.25, -0.2) is 18.6 Å². The molecule has 3 N–H and O–H groups in total. The predicted molar refractivity (Wildman–Crippen MR) is 63.6 cm³/mol. The third-order valence-electron chi connectivity index (χ3n) is 2.35. The molecule has 0 unspecified atom stereocenters. The molecule has 0 saturated carbocycles. The SMILES string of the molecule is Cc1ccc(F)c(-c2nc(C(=O)O)c(N)s2)c1F. The van der Waals surface area contributed by atoms with Gasteiger partial charge in [0.25, 0.3) is 0 Å². The highest BCUT2D eigenvalue weighted by molar-refractivity contribution is 7.19. The Morgan fingerprint density at radius 1 is 1.44 bits per heavy atom. The standard InChI is InChI=1S/C11H8F2N2O2S/c1-4-2-3-5(12)6(7(4)13)10-15-8(11(16)17)9(14)18-10/h2-3H,14H2,1H3,(H,16,17). The first-order valence-corrected chi connectivity index (χ1v) is 5.68. The Bertz CT molecular complexity index is 640. The van der Waals surface area contributed by atoms with Gasteiger partial charge in [0.2, 0.25) is 0 Å². The zero-order chi connectivity index (χ0) is 13.4. The van der Waals surface area contributed by atoms with Crippen LogP contribution < -0.4 is 5.73 Å². The van der Waals surface area contributed by atoms with Gasteiger partial charge in [-0.3, -0.25) is 0 Å². The largest absolute Gasteiger partial charge is 0.476 e. The maximum atomic E-state index is 13.8. The Kier molecular flexibility index (Phi) is 3.00. The van der Waals surface area contributed by atoms with E-state index in [1.807, 2.05) is 0 Å². The number of carbonyl (C=O) groups is 1. The number of nitrogen functional groups attached to an aromatic ring is 1. The van der Waals surface area contributed by atoms with Crippen molar-refractivity contribution in [3.05, 3.63) is 35.0 Å². The van der Waals surface area contributed by atoms with Crippen molar-refractivity contribution in [2.75, 3.05) is 5.73 Å². The maximum absolute atomic E-state index is 13.8. The fourth-order valence-corrected chi connectivity index (χ4v) is 2.31. The summed E-state index contributed by atoms with van der Waals surface area (Å²) in [4.78, 5) is 14.4. The van der Waals surface area contributed by atoms with Gasteiger partial charge < -0.3 is 10.8 Å². The second-order valence-electron chi connectivity index (χ2n) is 3.59. The van der Waals surface area contributed by atoms with E-state index in [9.17, 15) is 13.6 Å². The Balaban J connectivity index is 2.66. The molecule has 0 atom stereocenters. The number of thiazole rings is 1. The van der Waals surface area contributed by atoms with Crippen molar-refractivity contribution in [1.82, 2.24) is 4.98 Å². The van der Waals surface area contributed by atoms with Gasteiger partial charge in [-0.05, 0) is 18.6 Å². The van der Waals surface area contributed by atoms with Crippen molar-refractivity contribution in [3.63, 3.8) is 0 Å². The van der Waals surface area contributed by atoms with E-state index in [0.717, 1.165) is 17.4 Å². The molecule has 2 rings (SSSR count). The lowest BCUT2D eigenvalue weighted by atomic mass is 10.1. The summed E-state index contributed by atoms with van der Waals surface area (Å²) in [5, 5.41) is 8.63. The topological polar surface area (TPSA) is 76.2 Å². The molecular weight excluding hydrogens is 262 g/mol. The maximum Gasteiger partial charge on any atom is 0.357 e. The van der Waals surface area contributed by atoms with E-state index >= 15 is 0 Å². The Morgan fingerprint density at radius 3 is 2.67 bits per heavy atom. The number of nitrogens with two attached hydrogens (primary N) is 1. The number of carboxylic acids is 1. The number of nitrogens with zero attached hydrogens (tertiary/aromatic N) is 1. The van der Waals surface area contributed by atoms with Crippen LogP contribution in [-0.2, 0) is 0 Å². The zero-order valence-electron chi connectivity index (χ0n) is 9.20. The number of hydrogen-bond acceptors (Lipinski definition) is 4. The summed E-state index contributed by atoms with van der Waals surface area (Å²) < 4.78 is 27.4. The van der Waals surface area contributed by atoms with Crippen molar-refractivity contribution in [2.24, 2.45) is 0 Å². The summed E-state index contributed by atoms with van der Waals surface area (Å²) in [5.74, 6) is -2.90. The molecule has 94 valence electrons. The average molecular weight is 270 g/mol. The highest BCUT2D eigenvalue weighted by atomic mass is 32.1. The number of anilines is 1. The number of aromatic nitrogens is 1. The highest BCUT2D eigenvalue weighted by Crippen LogP contribution is 2.34. The number of halogens is 2. The van der Waals surface area contributed by atoms with Crippen molar-refractivity contribution in [3.8, 4) is 10.6 Å². The van der Waals surface area contributed by atoms with E-state index in [1.54, 1.807) is 0 Å². The van der Waals surface area contributed by atoms with E-state index in [1.165, 1.54) is 13.0 Å². The van der Waals surface area contributed by atoms with E-state index in [0.29, 0.717) is 0 Å². The molecule has 18 heavy (non-hydrogen) atoms. The smallest absolute Gasteiger partial charge is 0.357 e. The third kappa shape index (κ3) is 1.92. The molecule has 1 aromatic heterocycles. The molecule has 0 fully saturated rings. The summed E-state index contributed by atoms with van der Waals surface area (Å²) in [7, 11) is 0. The van der Waals surface area contributed by atoms with Crippen LogP contribution in [0.3, 0.4) is 0 Å². The summed E-state index contributed by atoms with van der Waals surface area (Å²) in [6.07, 6.45) is 0. The lowest BCUT2D eigenvalue weighted by Crippen LogP contribution is -2.00. The van der Waals surface area contributed by atoms with Gasteiger partial charge in [0.15, 0.2) is 5.69 Å². The van der Waals surface area contributed by atoms with Gasteiger partial charge in [-0.15, -0.1) is 0 Å². The molecule has 0 aliphatic rings. The van der Waals surface area contributed by atoms with E-state index in [-0.39, 0.29) is 21.1 Å². The molecule has 0 amide bonds. The molecule has 7 heteroatoms. The van der Waals surface area contributed by atoms with Crippen molar-refractivity contribution >= 4 is 22.3 Å². The molecular formula is C11H8F2N2O2S. The quantitative estimate of drug-likeness (QED) is 0.879. The molecule has 0 aliphatic heterocycles. The summed E-state index contributed by atoms with van der Waals surface area (Å²) in [6, 6.07) is 2.40. The molecule has 0 saturated heterocycles. The van der Waals surface area contributed by atoms with Gasteiger partial charge in [0, 0.05) is 0 Å². The molecule has 1 aromatic carbocycles. The molecule has 0 bridgehead atoms. The molecule has 1 heterocycles. The molecule has 2 aromatic rings. The first-order chi connectivity index (χ1) is 8.41. The summed E-state index contributed by atoms with van der Waals surface area (Å²) >= 11 is 0.739. The lowest BCUT2D eigenvalue weighted by molar-refractivity contribution is 0.0692. The Morgan fingerprint density at radius 2 is 2.11 bits per heavy atom. The van der Waals surface area contributed by atoms with Gasteiger partial charge >= 0.3 is 5.97 Å². The second-order valence-corrected chi connectivity index (χ2v) is 4.62. The monoisotopic (exact) mass is 270 g/mol. The first-order valence-electron chi connectivity index (χ1n) is 4.86. The highest BCUT2D eigenvalue weighted by Gasteiger charge is 2.21. The van der Waals surface area contributed by atoms with E-state index in [2.05, 4.69) is 4.98 Å². The van der Waals surface area contributed by atoms with Crippen molar-refractivity contribution < 1.29 is 18.7 Å². The summed E-state index contributed by atoms with van der Waals surface area (Å²) in [5.41, 5.74) is 4.95. The molecule has 0 spiro atoms. The number of hydrogen-bond donors (Lipinski definition) is 2. The minimum atomic E-state index is -1.33. The van der Waals surface area contributed by atoms with Crippen LogP contribution in [0.15, 0.2) is 12.1 Å². The van der Waals surface area contributed by atoms with Crippen LogP contribution in [0.25, 0.3) is 10.6 Å². The molecule has 4 nitrogen and oxygen atoms in total. The van der Waals surface area contributed by atoms with Crippen LogP contribution in [0.4, 0.5) is 13.8 Å². The normalized spacial score (nSPS) is 10.6.